The summed E-state index contributed by atoms with van der Waals surface area (Å²) in [5, 5.41) is 3.04. The minimum absolute atomic E-state index is 0.0324. The van der Waals surface area contributed by atoms with Gasteiger partial charge in [0.15, 0.2) is 0 Å². The summed E-state index contributed by atoms with van der Waals surface area (Å²) < 4.78 is 0. The molecule has 2 rings (SSSR count). The second-order valence-corrected chi connectivity index (χ2v) is 9.28. The van der Waals surface area contributed by atoms with Gasteiger partial charge in [-0.25, -0.2) is 0 Å². The first-order valence-electron chi connectivity index (χ1n) is 11.7. The van der Waals surface area contributed by atoms with Gasteiger partial charge in [-0.15, -0.1) is 0 Å². The zero-order valence-electron chi connectivity index (χ0n) is 19.7. The third-order valence-corrected chi connectivity index (χ3v) is 5.95. The van der Waals surface area contributed by atoms with Crippen molar-refractivity contribution in [3.63, 3.8) is 0 Å². The summed E-state index contributed by atoms with van der Waals surface area (Å²) in [5.41, 5.74) is 2.69. The summed E-state index contributed by atoms with van der Waals surface area (Å²) in [5.74, 6) is 0.596. The Morgan fingerprint density at radius 1 is 1.00 bits per heavy atom. The number of carbonyl (C=O) groups excluding carboxylic acids is 2. The van der Waals surface area contributed by atoms with E-state index in [-0.39, 0.29) is 11.8 Å². The molecule has 30 heavy (non-hydrogen) atoms. The molecule has 5 heteroatoms. The molecule has 0 bridgehead atoms. The highest BCUT2D eigenvalue weighted by Gasteiger charge is 2.20. The summed E-state index contributed by atoms with van der Waals surface area (Å²) in [6.07, 6.45) is 6.78. The highest BCUT2D eigenvalue weighted by molar-refractivity contribution is 5.97. The van der Waals surface area contributed by atoms with Gasteiger partial charge < -0.3 is 10.2 Å². The van der Waals surface area contributed by atoms with Crippen molar-refractivity contribution in [3.05, 3.63) is 29.3 Å². The molecular formula is C25H41N3O2. The van der Waals surface area contributed by atoms with Crippen LogP contribution in [0.5, 0.6) is 0 Å². The van der Waals surface area contributed by atoms with Crippen LogP contribution in [0.2, 0.25) is 0 Å². The van der Waals surface area contributed by atoms with Gasteiger partial charge in [-0.1, -0.05) is 33.1 Å². The fourth-order valence-corrected chi connectivity index (χ4v) is 3.99. The van der Waals surface area contributed by atoms with E-state index in [1.54, 1.807) is 6.92 Å². The molecule has 0 unspecified atom stereocenters. The van der Waals surface area contributed by atoms with Crippen LogP contribution >= 0.6 is 0 Å². The fourth-order valence-electron chi connectivity index (χ4n) is 3.99. The van der Waals surface area contributed by atoms with E-state index in [9.17, 15) is 9.59 Å². The highest BCUT2D eigenvalue weighted by atomic mass is 16.2. The lowest BCUT2D eigenvalue weighted by molar-refractivity contribution is -0.116. The Hall–Kier alpha value is -1.88. The van der Waals surface area contributed by atoms with Gasteiger partial charge in [0.1, 0.15) is 0 Å². The minimum Gasteiger partial charge on any atom is -0.352 e. The van der Waals surface area contributed by atoms with Crippen molar-refractivity contribution in [2.24, 2.45) is 5.92 Å². The number of rotatable bonds is 5. The van der Waals surface area contributed by atoms with Crippen LogP contribution in [0.1, 0.15) is 89.1 Å². The number of nitrogens with one attached hydrogen (secondary N) is 1. The molecule has 0 saturated carbocycles. The van der Waals surface area contributed by atoms with E-state index >= 15 is 0 Å². The first kappa shape index (κ1) is 24.4. The van der Waals surface area contributed by atoms with Gasteiger partial charge >= 0.3 is 0 Å². The molecule has 1 heterocycles. The van der Waals surface area contributed by atoms with Gasteiger partial charge in [0.05, 0.1) is 0 Å². The van der Waals surface area contributed by atoms with Crippen molar-refractivity contribution in [2.45, 2.75) is 85.7 Å². The van der Waals surface area contributed by atoms with Crippen LogP contribution < -0.4 is 10.2 Å². The molecule has 0 radical (unpaired) electrons. The molecule has 1 aromatic carbocycles. The Bertz CT molecular complexity index is 700. The standard InChI is InChI=1S/C25H41N3O2/c1-19(2)13-14-26-25(30)22-11-12-24-23(17-22)18-27(20(3)4)15-9-7-6-8-10-16-28(24)21(5)29/h11-12,17,19-20H,6-10,13-16,18H2,1-5H3,(H,26,30). The van der Waals surface area contributed by atoms with Crippen molar-refractivity contribution < 1.29 is 9.59 Å². The van der Waals surface area contributed by atoms with Gasteiger partial charge in [0.25, 0.3) is 5.91 Å². The van der Waals surface area contributed by atoms with Crippen LogP contribution in [-0.2, 0) is 11.3 Å². The predicted molar refractivity (Wildman–Crippen MR) is 125 cm³/mol. The second-order valence-electron chi connectivity index (χ2n) is 9.28. The molecule has 5 nitrogen and oxygen atoms in total. The van der Waals surface area contributed by atoms with Gasteiger partial charge in [-0.05, 0) is 69.3 Å². The average Bonchev–Trinajstić information content (AvgIpc) is 2.67. The SMILES string of the molecule is CC(=O)N1CCCCCCCN(C(C)C)Cc2cc(C(=O)NCCC(C)C)ccc21. The first-order chi connectivity index (χ1) is 14.3. The number of nitrogens with zero attached hydrogens (tertiary/aromatic N) is 2. The molecule has 1 N–H and O–H groups in total. The minimum atomic E-state index is -0.0324. The van der Waals surface area contributed by atoms with E-state index < -0.39 is 0 Å². The van der Waals surface area contributed by atoms with Crippen molar-refractivity contribution in [1.82, 2.24) is 10.2 Å². The Labute approximate surface area is 183 Å². The van der Waals surface area contributed by atoms with E-state index in [4.69, 9.17) is 0 Å². The van der Waals surface area contributed by atoms with E-state index in [2.05, 4.69) is 37.9 Å². The molecule has 1 aliphatic heterocycles. The van der Waals surface area contributed by atoms with Gasteiger partial charge in [0, 0.05) is 43.9 Å². The van der Waals surface area contributed by atoms with Crippen LogP contribution in [0.3, 0.4) is 0 Å². The zero-order chi connectivity index (χ0) is 22.1. The van der Waals surface area contributed by atoms with Crippen LogP contribution in [0.4, 0.5) is 5.69 Å². The van der Waals surface area contributed by atoms with Crippen molar-refractivity contribution in [2.75, 3.05) is 24.5 Å². The summed E-state index contributed by atoms with van der Waals surface area (Å²) in [6.45, 7) is 13.6. The zero-order valence-corrected chi connectivity index (χ0v) is 19.7. The molecule has 0 atom stereocenters. The maximum atomic E-state index is 12.7. The number of carbonyl (C=O) groups is 2. The van der Waals surface area contributed by atoms with Gasteiger partial charge in [-0.3, -0.25) is 14.5 Å². The maximum Gasteiger partial charge on any atom is 0.251 e. The van der Waals surface area contributed by atoms with E-state index in [0.29, 0.717) is 24.1 Å². The van der Waals surface area contributed by atoms with Gasteiger partial charge in [0.2, 0.25) is 5.91 Å². The van der Waals surface area contributed by atoms with E-state index in [0.717, 1.165) is 50.1 Å². The van der Waals surface area contributed by atoms with Crippen LogP contribution in [0.25, 0.3) is 0 Å². The Balaban J connectivity index is 2.35. The topological polar surface area (TPSA) is 52.7 Å². The third kappa shape index (κ3) is 7.42. The molecule has 0 spiro atoms. The number of hydrogen-bond donors (Lipinski definition) is 1. The summed E-state index contributed by atoms with van der Waals surface area (Å²) in [7, 11) is 0. The summed E-state index contributed by atoms with van der Waals surface area (Å²) in [4.78, 5) is 29.5. The maximum absolute atomic E-state index is 12.7. The highest BCUT2D eigenvalue weighted by Crippen LogP contribution is 2.26. The normalized spacial score (nSPS) is 16.7. The largest absolute Gasteiger partial charge is 0.352 e. The number of fused-ring (bicyclic) bond motifs is 1. The summed E-state index contributed by atoms with van der Waals surface area (Å²) >= 11 is 0. The second kappa shape index (κ2) is 12.1. The Morgan fingerprint density at radius 3 is 2.30 bits per heavy atom. The molecular weight excluding hydrogens is 374 g/mol. The van der Waals surface area contributed by atoms with Crippen molar-refractivity contribution >= 4 is 17.5 Å². The first-order valence-corrected chi connectivity index (χ1v) is 11.7. The number of anilines is 1. The molecule has 2 amide bonds. The van der Waals surface area contributed by atoms with Crippen LogP contribution in [0, 0.1) is 5.92 Å². The molecule has 1 aromatic rings. The number of amides is 2. The molecule has 0 aliphatic carbocycles. The predicted octanol–water partition coefficient (Wildman–Crippen LogP) is 4.99. The average molecular weight is 416 g/mol. The lowest BCUT2D eigenvalue weighted by Gasteiger charge is -2.31. The lowest BCUT2D eigenvalue weighted by atomic mass is 10.0. The van der Waals surface area contributed by atoms with Crippen LogP contribution in [0.15, 0.2) is 18.2 Å². The quantitative estimate of drug-likeness (QED) is 0.737. The smallest absolute Gasteiger partial charge is 0.251 e. The van der Waals surface area contributed by atoms with E-state index in [1.807, 2.05) is 23.1 Å². The lowest BCUT2D eigenvalue weighted by Crippen LogP contribution is -2.35. The molecule has 0 fully saturated rings. The molecule has 0 saturated heterocycles. The Morgan fingerprint density at radius 2 is 1.67 bits per heavy atom. The monoisotopic (exact) mass is 415 g/mol. The van der Waals surface area contributed by atoms with Crippen molar-refractivity contribution in [1.29, 1.82) is 0 Å². The van der Waals surface area contributed by atoms with E-state index in [1.165, 1.54) is 19.3 Å². The van der Waals surface area contributed by atoms with Crippen LogP contribution in [-0.4, -0.2) is 42.4 Å². The number of benzene rings is 1. The van der Waals surface area contributed by atoms with Crippen molar-refractivity contribution in [3.8, 4) is 0 Å². The third-order valence-electron chi connectivity index (χ3n) is 5.95. The molecule has 0 aromatic heterocycles. The fraction of sp³-hybridized carbons (Fsp3) is 0.680. The molecule has 168 valence electrons. The summed E-state index contributed by atoms with van der Waals surface area (Å²) in [6, 6.07) is 6.25. The molecule has 1 aliphatic rings. The van der Waals surface area contributed by atoms with Gasteiger partial charge in [-0.2, -0.15) is 0 Å². The number of hydrogen-bond acceptors (Lipinski definition) is 3. The Kier molecular flexibility index (Phi) is 9.83.